The Kier molecular flexibility index (Phi) is 5.13. The van der Waals surface area contributed by atoms with Gasteiger partial charge in [-0.1, -0.05) is 24.6 Å². The van der Waals surface area contributed by atoms with Crippen molar-refractivity contribution in [1.82, 2.24) is 10.3 Å². The number of rotatable bonds is 6. The van der Waals surface area contributed by atoms with Gasteiger partial charge in [0.2, 0.25) is 0 Å². The van der Waals surface area contributed by atoms with Gasteiger partial charge in [0.05, 0.1) is 7.11 Å². The third-order valence-electron chi connectivity index (χ3n) is 3.40. The number of nitrogens with zero attached hydrogens (tertiary/aromatic N) is 1. The van der Waals surface area contributed by atoms with Gasteiger partial charge in [-0.3, -0.25) is 4.98 Å². The first-order valence-corrected chi connectivity index (χ1v) is 7.01. The van der Waals surface area contributed by atoms with E-state index in [0.29, 0.717) is 0 Å². The summed E-state index contributed by atoms with van der Waals surface area (Å²) in [6, 6.07) is 10.7. The molecule has 0 saturated heterocycles. The molecule has 20 heavy (non-hydrogen) atoms. The zero-order valence-corrected chi connectivity index (χ0v) is 12.4. The average molecular weight is 270 g/mol. The highest BCUT2D eigenvalue weighted by Crippen LogP contribution is 2.28. The molecular formula is C17H22N2O. The van der Waals surface area contributed by atoms with Crippen LogP contribution in [0.5, 0.6) is 5.75 Å². The summed E-state index contributed by atoms with van der Waals surface area (Å²) in [5.74, 6) is 0.940. The van der Waals surface area contributed by atoms with Crippen LogP contribution in [0.4, 0.5) is 0 Å². The Balaban J connectivity index is 2.30. The molecule has 0 bridgehead atoms. The molecule has 1 unspecified atom stereocenters. The maximum Gasteiger partial charge on any atom is 0.123 e. The lowest BCUT2D eigenvalue weighted by atomic mass is 9.97. The second kappa shape index (κ2) is 7.06. The molecule has 0 amide bonds. The highest BCUT2D eigenvalue weighted by atomic mass is 16.5. The van der Waals surface area contributed by atoms with E-state index in [1.54, 1.807) is 7.11 Å². The van der Waals surface area contributed by atoms with Crippen molar-refractivity contribution < 1.29 is 4.74 Å². The Morgan fingerprint density at radius 3 is 2.60 bits per heavy atom. The van der Waals surface area contributed by atoms with Crippen LogP contribution in [0, 0.1) is 6.92 Å². The van der Waals surface area contributed by atoms with Crippen LogP contribution in [0.15, 0.2) is 42.7 Å². The van der Waals surface area contributed by atoms with Crippen molar-refractivity contribution >= 4 is 0 Å². The summed E-state index contributed by atoms with van der Waals surface area (Å²) in [5.41, 5.74) is 3.74. The van der Waals surface area contributed by atoms with Crippen LogP contribution in [-0.4, -0.2) is 18.6 Å². The summed E-state index contributed by atoms with van der Waals surface area (Å²) in [5, 5.41) is 3.55. The topological polar surface area (TPSA) is 34.2 Å². The summed E-state index contributed by atoms with van der Waals surface area (Å²) in [7, 11) is 1.73. The molecule has 0 spiro atoms. The maximum atomic E-state index is 5.51. The van der Waals surface area contributed by atoms with E-state index in [9.17, 15) is 0 Å². The molecule has 0 radical (unpaired) electrons. The van der Waals surface area contributed by atoms with Gasteiger partial charge in [0, 0.05) is 24.0 Å². The Hall–Kier alpha value is -1.87. The van der Waals surface area contributed by atoms with Gasteiger partial charge < -0.3 is 10.1 Å². The number of hydrogen-bond acceptors (Lipinski definition) is 3. The Bertz CT molecular complexity index is 540. The van der Waals surface area contributed by atoms with Crippen molar-refractivity contribution in [3.05, 3.63) is 59.4 Å². The molecule has 106 valence electrons. The molecule has 1 heterocycles. The number of nitrogens with one attached hydrogen (secondary N) is 1. The smallest absolute Gasteiger partial charge is 0.123 e. The lowest BCUT2D eigenvalue weighted by Gasteiger charge is -2.21. The molecule has 2 aromatic rings. The molecule has 1 atom stereocenters. The quantitative estimate of drug-likeness (QED) is 0.874. The van der Waals surface area contributed by atoms with Crippen LogP contribution < -0.4 is 10.1 Å². The van der Waals surface area contributed by atoms with Gasteiger partial charge in [-0.25, -0.2) is 0 Å². The van der Waals surface area contributed by atoms with Crippen molar-refractivity contribution in [1.29, 1.82) is 0 Å². The minimum atomic E-state index is 0.247. The fraction of sp³-hybridized carbons (Fsp3) is 0.353. The van der Waals surface area contributed by atoms with E-state index in [1.165, 1.54) is 16.7 Å². The molecule has 0 aliphatic carbocycles. The Labute approximate surface area is 121 Å². The second-order valence-electron chi connectivity index (χ2n) is 4.92. The van der Waals surface area contributed by atoms with E-state index < -0.39 is 0 Å². The maximum absolute atomic E-state index is 5.51. The van der Waals surface area contributed by atoms with Gasteiger partial charge in [0.25, 0.3) is 0 Å². The van der Waals surface area contributed by atoms with Gasteiger partial charge in [0.1, 0.15) is 5.75 Å². The van der Waals surface area contributed by atoms with E-state index in [0.717, 1.165) is 18.7 Å². The predicted molar refractivity (Wildman–Crippen MR) is 82.1 cm³/mol. The van der Waals surface area contributed by atoms with Crippen LogP contribution >= 0.6 is 0 Å². The molecule has 1 N–H and O–H groups in total. The summed E-state index contributed by atoms with van der Waals surface area (Å²) in [4.78, 5) is 4.07. The summed E-state index contributed by atoms with van der Waals surface area (Å²) < 4.78 is 5.51. The predicted octanol–water partition coefficient (Wildman–Crippen LogP) is 3.29. The highest BCUT2D eigenvalue weighted by Gasteiger charge is 2.16. The van der Waals surface area contributed by atoms with E-state index >= 15 is 0 Å². The first-order valence-electron chi connectivity index (χ1n) is 7.01. The normalized spacial score (nSPS) is 12.2. The number of aromatic nitrogens is 1. The first-order chi connectivity index (χ1) is 9.74. The Morgan fingerprint density at radius 1 is 1.20 bits per heavy atom. The minimum Gasteiger partial charge on any atom is -0.496 e. The number of methoxy groups -OCH3 is 1. The number of likely N-dealkylation sites (N-methyl/N-ethyl adjacent to an activating group) is 1. The largest absolute Gasteiger partial charge is 0.496 e. The molecule has 0 aliphatic rings. The lowest BCUT2D eigenvalue weighted by Crippen LogP contribution is -2.23. The van der Waals surface area contributed by atoms with Crippen molar-refractivity contribution in [2.24, 2.45) is 0 Å². The molecule has 3 nitrogen and oxygen atoms in total. The van der Waals surface area contributed by atoms with Crippen molar-refractivity contribution in [3.8, 4) is 5.75 Å². The number of hydrogen-bond donors (Lipinski definition) is 1. The van der Waals surface area contributed by atoms with Crippen LogP contribution in [0.1, 0.15) is 29.7 Å². The summed E-state index contributed by atoms with van der Waals surface area (Å²) in [6.45, 7) is 5.16. The SMILES string of the molecule is CCNC(Cc1ccncc1)c1cc(C)ccc1OC. The fourth-order valence-corrected chi connectivity index (χ4v) is 2.42. The van der Waals surface area contributed by atoms with Crippen LogP contribution in [-0.2, 0) is 6.42 Å². The number of benzene rings is 1. The average Bonchev–Trinajstić information content (AvgIpc) is 2.48. The standard InChI is InChI=1S/C17H22N2O/c1-4-19-16(12-14-7-9-18-10-8-14)15-11-13(2)5-6-17(15)20-3/h5-11,16,19H,4,12H2,1-3H3. The van der Waals surface area contributed by atoms with Gasteiger partial charge in [0.15, 0.2) is 0 Å². The van der Waals surface area contributed by atoms with E-state index in [2.05, 4.69) is 48.4 Å². The number of pyridine rings is 1. The van der Waals surface area contributed by atoms with Crippen LogP contribution in [0.25, 0.3) is 0 Å². The minimum absolute atomic E-state index is 0.247. The van der Waals surface area contributed by atoms with Crippen molar-refractivity contribution in [3.63, 3.8) is 0 Å². The highest BCUT2D eigenvalue weighted by molar-refractivity contribution is 5.40. The third-order valence-corrected chi connectivity index (χ3v) is 3.40. The van der Waals surface area contributed by atoms with Gasteiger partial charge in [-0.05, 0) is 43.7 Å². The molecular weight excluding hydrogens is 248 g/mol. The molecule has 0 aliphatic heterocycles. The van der Waals surface area contributed by atoms with Crippen molar-refractivity contribution in [2.45, 2.75) is 26.3 Å². The lowest BCUT2D eigenvalue weighted by molar-refractivity contribution is 0.399. The first kappa shape index (κ1) is 14.5. The Morgan fingerprint density at radius 2 is 1.95 bits per heavy atom. The number of aryl methyl sites for hydroxylation is 1. The van der Waals surface area contributed by atoms with E-state index in [4.69, 9.17) is 4.74 Å². The molecule has 0 fully saturated rings. The summed E-state index contributed by atoms with van der Waals surface area (Å²) >= 11 is 0. The fourth-order valence-electron chi connectivity index (χ4n) is 2.42. The molecule has 0 saturated carbocycles. The van der Waals surface area contributed by atoms with Gasteiger partial charge in [-0.2, -0.15) is 0 Å². The molecule has 3 heteroatoms. The van der Waals surface area contributed by atoms with Gasteiger partial charge >= 0.3 is 0 Å². The molecule has 1 aromatic heterocycles. The van der Waals surface area contributed by atoms with Gasteiger partial charge in [-0.15, -0.1) is 0 Å². The van der Waals surface area contributed by atoms with Crippen LogP contribution in [0.3, 0.4) is 0 Å². The molecule has 2 rings (SSSR count). The number of ether oxygens (including phenoxy) is 1. The monoisotopic (exact) mass is 270 g/mol. The zero-order valence-electron chi connectivity index (χ0n) is 12.4. The van der Waals surface area contributed by atoms with Crippen LogP contribution in [0.2, 0.25) is 0 Å². The van der Waals surface area contributed by atoms with E-state index in [-0.39, 0.29) is 6.04 Å². The summed E-state index contributed by atoms with van der Waals surface area (Å²) in [6.07, 6.45) is 4.60. The zero-order chi connectivity index (χ0) is 14.4. The second-order valence-corrected chi connectivity index (χ2v) is 4.92. The van der Waals surface area contributed by atoms with E-state index in [1.807, 2.05) is 18.5 Å². The molecule has 1 aromatic carbocycles. The third kappa shape index (κ3) is 3.58. The van der Waals surface area contributed by atoms with Crippen molar-refractivity contribution in [2.75, 3.05) is 13.7 Å².